The van der Waals surface area contributed by atoms with Crippen LogP contribution >= 0.6 is 11.3 Å². The third-order valence-electron chi connectivity index (χ3n) is 4.51. The second kappa shape index (κ2) is 9.70. The number of nitrogens with zero attached hydrogens (tertiary/aromatic N) is 1. The molecule has 0 saturated carbocycles. The lowest BCUT2D eigenvalue weighted by atomic mass is 9.96. The first-order chi connectivity index (χ1) is 15.1. The molecule has 2 aromatic heterocycles. The predicted octanol–water partition coefficient (Wildman–Crippen LogP) is 4.20. The number of nitrogens with two attached hydrogens (primary N) is 1. The van der Waals surface area contributed by atoms with Crippen LogP contribution in [0.1, 0.15) is 42.4 Å². The number of halogens is 2. The highest BCUT2D eigenvalue weighted by Crippen LogP contribution is 2.40. The number of thiophene rings is 1. The van der Waals surface area contributed by atoms with Gasteiger partial charge in [0.2, 0.25) is 0 Å². The molecule has 2 heterocycles. The van der Waals surface area contributed by atoms with Crippen LogP contribution in [0.2, 0.25) is 0 Å². The molecular formula is C22H24F2N4O3S. The SMILES string of the molecule is CCNOCc1cccc(Nc2sc(-c3c(F)cc(C(C)(C)O)cc3F)cc2C(N)=O)n1. The molecule has 0 bridgehead atoms. The number of aromatic nitrogens is 1. The highest BCUT2D eigenvalue weighted by Gasteiger charge is 2.24. The summed E-state index contributed by atoms with van der Waals surface area (Å²) in [6, 6.07) is 8.69. The van der Waals surface area contributed by atoms with Crippen molar-refractivity contribution in [1.29, 1.82) is 0 Å². The van der Waals surface area contributed by atoms with Gasteiger partial charge >= 0.3 is 0 Å². The molecular weight excluding hydrogens is 438 g/mol. The van der Waals surface area contributed by atoms with Crippen LogP contribution < -0.4 is 16.5 Å². The normalized spacial score (nSPS) is 11.6. The van der Waals surface area contributed by atoms with E-state index in [-0.39, 0.29) is 28.2 Å². The number of rotatable bonds is 9. The summed E-state index contributed by atoms with van der Waals surface area (Å²) >= 11 is 0.967. The van der Waals surface area contributed by atoms with E-state index in [0.29, 0.717) is 23.1 Å². The molecule has 3 rings (SSSR count). The zero-order chi connectivity index (χ0) is 23.5. The number of benzene rings is 1. The van der Waals surface area contributed by atoms with Crippen molar-refractivity contribution >= 4 is 28.1 Å². The lowest BCUT2D eigenvalue weighted by Gasteiger charge is -2.18. The molecule has 1 amide bonds. The number of carbonyl (C=O) groups excluding carboxylic acids is 1. The van der Waals surface area contributed by atoms with Crippen LogP contribution in [0.25, 0.3) is 10.4 Å². The third-order valence-corrected chi connectivity index (χ3v) is 5.58. The number of hydrogen-bond acceptors (Lipinski definition) is 7. The van der Waals surface area contributed by atoms with Gasteiger partial charge in [0, 0.05) is 11.4 Å². The Labute approximate surface area is 188 Å². The molecule has 0 aliphatic carbocycles. The first-order valence-corrected chi connectivity index (χ1v) is 10.6. The van der Waals surface area contributed by atoms with E-state index in [2.05, 4.69) is 15.8 Å². The van der Waals surface area contributed by atoms with Gasteiger partial charge in [-0.05, 0) is 49.7 Å². The topological polar surface area (TPSA) is 109 Å². The third kappa shape index (κ3) is 5.46. The number of nitrogens with one attached hydrogen (secondary N) is 2. The summed E-state index contributed by atoms with van der Waals surface area (Å²) in [4.78, 5) is 21.8. The van der Waals surface area contributed by atoms with Crippen LogP contribution in [-0.2, 0) is 17.0 Å². The maximum Gasteiger partial charge on any atom is 0.251 e. The Morgan fingerprint density at radius 3 is 2.53 bits per heavy atom. The lowest BCUT2D eigenvalue weighted by Crippen LogP contribution is -2.16. The summed E-state index contributed by atoms with van der Waals surface area (Å²) in [5, 5.41) is 13.3. The van der Waals surface area contributed by atoms with Crippen molar-refractivity contribution in [3.63, 3.8) is 0 Å². The van der Waals surface area contributed by atoms with Gasteiger partial charge in [0.25, 0.3) is 5.91 Å². The molecule has 0 atom stereocenters. The molecule has 3 aromatic rings. The quantitative estimate of drug-likeness (QED) is 0.280. The Balaban J connectivity index is 1.95. The van der Waals surface area contributed by atoms with Crippen molar-refractivity contribution in [1.82, 2.24) is 10.5 Å². The summed E-state index contributed by atoms with van der Waals surface area (Å²) in [7, 11) is 0. The number of carbonyl (C=O) groups is 1. The van der Waals surface area contributed by atoms with Crippen molar-refractivity contribution in [2.24, 2.45) is 5.73 Å². The standard InChI is InChI=1S/C22H24F2N4O3S/c1-4-26-31-11-13-6-5-7-18(27-13)28-21-14(20(25)29)10-17(32-21)19-15(23)8-12(9-16(19)24)22(2,3)30/h5-10,26,30H,4,11H2,1-3H3,(H2,25,29)(H,27,28). The molecule has 32 heavy (non-hydrogen) atoms. The molecule has 0 fully saturated rings. The zero-order valence-electron chi connectivity index (χ0n) is 17.8. The molecule has 0 aliphatic heterocycles. The fraction of sp³-hybridized carbons (Fsp3) is 0.273. The molecule has 170 valence electrons. The highest BCUT2D eigenvalue weighted by atomic mass is 32.1. The molecule has 0 radical (unpaired) electrons. The van der Waals surface area contributed by atoms with Gasteiger partial charge in [-0.25, -0.2) is 19.2 Å². The monoisotopic (exact) mass is 462 g/mol. The largest absolute Gasteiger partial charge is 0.386 e. The van der Waals surface area contributed by atoms with Crippen molar-refractivity contribution in [2.75, 3.05) is 11.9 Å². The van der Waals surface area contributed by atoms with E-state index >= 15 is 0 Å². The van der Waals surface area contributed by atoms with Crippen LogP contribution in [-0.4, -0.2) is 22.5 Å². The molecule has 7 nitrogen and oxygen atoms in total. The van der Waals surface area contributed by atoms with Gasteiger partial charge in [-0.3, -0.25) is 9.63 Å². The van der Waals surface area contributed by atoms with Crippen LogP contribution in [0, 0.1) is 11.6 Å². The lowest BCUT2D eigenvalue weighted by molar-refractivity contribution is 0.0295. The summed E-state index contributed by atoms with van der Waals surface area (Å²) in [5.41, 5.74) is 7.31. The van der Waals surface area contributed by atoms with Crippen molar-refractivity contribution in [3.8, 4) is 10.4 Å². The van der Waals surface area contributed by atoms with Crippen molar-refractivity contribution in [3.05, 3.63) is 64.9 Å². The predicted molar refractivity (Wildman–Crippen MR) is 119 cm³/mol. The van der Waals surface area contributed by atoms with Gasteiger partial charge in [-0.15, -0.1) is 11.3 Å². The number of aliphatic hydroxyl groups is 1. The molecule has 1 aromatic carbocycles. The molecule has 5 N–H and O–H groups in total. The Bertz CT molecular complexity index is 1110. The van der Waals surface area contributed by atoms with E-state index in [1.807, 2.05) is 6.92 Å². The second-order valence-electron chi connectivity index (χ2n) is 7.52. The molecule has 0 aliphatic rings. The van der Waals surface area contributed by atoms with Crippen LogP contribution in [0.3, 0.4) is 0 Å². The highest BCUT2D eigenvalue weighted by molar-refractivity contribution is 7.20. The Kier molecular flexibility index (Phi) is 7.19. The first kappa shape index (κ1) is 23.7. The number of pyridine rings is 1. The average Bonchev–Trinajstić information content (AvgIpc) is 3.11. The van der Waals surface area contributed by atoms with E-state index < -0.39 is 23.1 Å². The Hall–Kier alpha value is -2.92. The number of amides is 1. The number of hydrogen-bond donors (Lipinski definition) is 4. The van der Waals surface area contributed by atoms with Gasteiger partial charge in [-0.2, -0.15) is 0 Å². The van der Waals surface area contributed by atoms with Crippen LogP contribution in [0.5, 0.6) is 0 Å². The van der Waals surface area contributed by atoms with Gasteiger partial charge < -0.3 is 16.2 Å². The number of primary amides is 1. The molecule has 0 spiro atoms. The zero-order valence-corrected chi connectivity index (χ0v) is 18.6. The van der Waals surface area contributed by atoms with Gasteiger partial charge in [0.1, 0.15) is 29.1 Å². The summed E-state index contributed by atoms with van der Waals surface area (Å²) in [5.74, 6) is -2.05. The summed E-state index contributed by atoms with van der Waals surface area (Å²) < 4.78 is 29.6. The summed E-state index contributed by atoms with van der Waals surface area (Å²) in [6.07, 6.45) is 0. The summed E-state index contributed by atoms with van der Waals surface area (Å²) in [6.45, 7) is 5.63. The van der Waals surface area contributed by atoms with E-state index in [1.165, 1.54) is 19.9 Å². The smallest absolute Gasteiger partial charge is 0.251 e. The maximum absolute atomic E-state index is 14.8. The Morgan fingerprint density at radius 2 is 1.94 bits per heavy atom. The minimum atomic E-state index is -1.41. The van der Waals surface area contributed by atoms with E-state index in [4.69, 9.17) is 10.6 Å². The molecule has 10 heteroatoms. The van der Waals surface area contributed by atoms with Crippen molar-refractivity contribution in [2.45, 2.75) is 33.0 Å². The number of anilines is 2. The van der Waals surface area contributed by atoms with Crippen LogP contribution in [0.4, 0.5) is 19.6 Å². The fourth-order valence-electron chi connectivity index (χ4n) is 2.92. The first-order valence-electron chi connectivity index (χ1n) is 9.83. The van der Waals surface area contributed by atoms with Crippen LogP contribution in [0.15, 0.2) is 36.4 Å². The average molecular weight is 463 g/mol. The van der Waals surface area contributed by atoms with Gasteiger partial charge in [0.05, 0.1) is 22.4 Å². The maximum atomic E-state index is 14.8. The van der Waals surface area contributed by atoms with E-state index in [0.717, 1.165) is 23.5 Å². The van der Waals surface area contributed by atoms with Gasteiger partial charge in [0.15, 0.2) is 0 Å². The van der Waals surface area contributed by atoms with E-state index in [1.54, 1.807) is 18.2 Å². The molecule has 0 saturated heterocycles. The minimum absolute atomic E-state index is 0.0754. The molecule has 0 unspecified atom stereocenters. The Morgan fingerprint density at radius 1 is 1.25 bits per heavy atom. The van der Waals surface area contributed by atoms with E-state index in [9.17, 15) is 18.7 Å². The van der Waals surface area contributed by atoms with Crippen molar-refractivity contribution < 1.29 is 23.5 Å². The fourth-order valence-corrected chi connectivity index (χ4v) is 4.04. The van der Waals surface area contributed by atoms with Gasteiger partial charge in [-0.1, -0.05) is 13.0 Å². The second-order valence-corrected chi connectivity index (χ2v) is 8.57. The minimum Gasteiger partial charge on any atom is -0.386 e. The number of hydroxylamine groups is 1.